The zero-order chi connectivity index (χ0) is 22.8. The van der Waals surface area contributed by atoms with Gasteiger partial charge in [0, 0.05) is 0 Å². The molecule has 32 heavy (non-hydrogen) atoms. The minimum atomic E-state index is -1.20. The molecule has 1 aliphatic rings. The summed E-state index contributed by atoms with van der Waals surface area (Å²) in [5, 5.41) is 16.5. The van der Waals surface area contributed by atoms with Gasteiger partial charge in [0.05, 0.1) is 27.6 Å². The number of halogens is 1. The zero-order valence-corrected chi connectivity index (χ0v) is 18.2. The summed E-state index contributed by atoms with van der Waals surface area (Å²) in [7, 11) is 0. The van der Waals surface area contributed by atoms with Crippen molar-refractivity contribution in [1.29, 1.82) is 0 Å². The van der Waals surface area contributed by atoms with Gasteiger partial charge in [0.25, 0.3) is 5.91 Å². The molecule has 0 saturated heterocycles. The lowest BCUT2D eigenvalue weighted by molar-refractivity contribution is -0.114. The molecule has 0 bridgehead atoms. The molecule has 1 aromatic heterocycles. The lowest BCUT2D eigenvalue weighted by Crippen LogP contribution is -2.21. The number of thiophene rings is 1. The molecule has 2 heterocycles. The third-order valence-corrected chi connectivity index (χ3v) is 5.77. The second kappa shape index (κ2) is 8.78. The third kappa shape index (κ3) is 4.32. The molecule has 1 amide bonds. The van der Waals surface area contributed by atoms with Crippen LogP contribution in [0, 0.1) is 0 Å². The van der Waals surface area contributed by atoms with E-state index in [1.807, 2.05) is 0 Å². The number of hydrogen-bond acceptors (Lipinski definition) is 6. The van der Waals surface area contributed by atoms with Gasteiger partial charge in [-0.15, -0.1) is 11.3 Å². The molecule has 9 heteroatoms. The van der Waals surface area contributed by atoms with Gasteiger partial charge < -0.3 is 9.84 Å². The van der Waals surface area contributed by atoms with Gasteiger partial charge >= 0.3 is 11.9 Å². The maximum absolute atomic E-state index is 13.0. The SMILES string of the molecule is CC1=NN(c2ccc(Cl)c(C(=O)O)c2)C(=O)C1=Cc1cccc(OC(=O)c2cccs2)c1. The van der Waals surface area contributed by atoms with Crippen molar-refractivity contribution in [3.05, 3.63) is 86.6 Å². The minimum absolute atomic E-state index is 0.0678. The first-order valence-electron chi connectivity index (χ1n) is 9.34. The summed E-state index contributed by atoms with van der Waals surface area (Å²) < 4.78 is 5.40. The predicted molar refractivity (Wildman–Crippen MR) is 123 cm³/mol. The number of hydrazone groups is 1. The van der Waals surface area contributed by atoms with Crippen molar-refractivity contribution in [1.82, 2.24) is 0 Å². The third-order valence-electron chi connectivity index (χ3n) is 4.59. The number of carboxylic acid groups (broad SMARTS) is 1. The molecule has 0 radical (unpaired) electrons. The quantitative estimate of drug-likeness (QED) is 0.319. The number of esters is 1. The highest BCUT2D eigenvalue weighted by Crippen LogP contribution is 2.29. The van der Waals surface area contributed by atoms with Crippen molar-refractivity contribution in [2.45, 2.75) is 6.92 Å². The minimum Gasteiger partial charge on any atom is -0.478 e. The molecule has 3 aromatic rings. The summed E-state index contributed by atoms with van der Waals surface area (Å²) in [5.41, 5.74) is 1.60. The molecule has 1 N–H and O–H groups in total. The molecule has 160 valence electrons. The van der Waals surface area contributed by atoms with E-state index in [4.69, 9.17) is 16.3 Å². The van der Waals surface area contributed by atoms with Crippen LogP contribution >= 0.6 is 22.9 Å². The number of anilines is 1. The van der Waals surface area contributed by atoms with Crippen LogP contribution in [0.2, 0.25) is 5.02 Å². The van der Waals surface area contributed by atoms with E-state index in [9.17, 15) is 19.5 Å². The average Bonchev–Trinajstić information content (AvgIpc) is 3.39. The van der Waals surface area contributed by atoms with E-state index in [-0.39, 0.29) is 16.3 Å². The summed E-state index contributed by atoms with van der Waals surface area (Å²) in [6, 6.07) is 14.5. The topological polar surface area (TPSA) is 96.3 Å². The zero-order valence-electron chi connectivity index (χ0n) is 16.6. The highest BCUT2D eigenvalue weighted by molar-refractivity contribution is 7.12. The van der Waals surface area contributed by atoms with Crippen molar-refractivity contribution in [3.63, 3.8) is 0 Å². The van der Waals surface area contributed by atoms with E-state index < -0.39 is 17.8 Å². The molecule has 0 saturated carbocycles. The fourth-order valence-electron chi connectivity index (χ4n) is 3.05. The van der Waals surface area contributed by atoms with Crippen LogP contribution in [0.1, 0.15) is 32.5 Å². The molecule has 0 fully saturated rings. The van der Waals surface area contributed by atoms with Crippen molar-refractivity contribution in [2.75, 3.05) is 5.01 Å². The van der Waals surface area contributed by atoms with E-state index in [2.05, 4.69) is 5.10 Å². The number of nitrogens with zero attached hydrogens (tertiary/aromatic N) is 2. The number of carbonyl (C=O) groups is 3. The molecule has 0 spiro atoms. The first-order chi connectivity index (χ1) is 15.3. The molecule has 0 unspecified atom stereocenters. The number of hydrogen-bond donors (Lipinski definition) is 1. The molecular weight excluding hydrogens is 452 g/mol. The smallest absolute Gasteiger partial charge is 0.353 e. The molecule has 7 nitrogen and oxygen atoms in total. The van der Waals surface area contributed by atoms with Gasteiger partial charge in [0.2, 0.25) is 0 Å². The summed E-state index contributed by atoms with van der Waals surface area (Å²) >= 11 is 7.20. The van der Waals surface area contributed by atoms with Gasteiger partial charge in [-0.2, -0.15) is 10.1 Å². The predicted octanol–water partition coefficient (Wildman–Crippen LogP) is 5.13. The normalized spacial score (nSPS) is 14.6. The van der Waals surface area contributed by atoms with Gasteiger partial charge in [0.15, 0.2) is 0 Å². The van der Waals surface area contributed by atoms with Crippen LogP contribution in [-0.4, -0.2) is 28.7 Å². The highest BCUT2D eigenvalue weighted by atomic mass is 35.5. The van der Waals surface area contributed by atoms with Crippen molar-refractivity contribution >= 4 is 58.3 Å². The Morgan fingerprint density at radius 2 is 1.97 bits per heavy atom. The Balaban J connectivity index is 1.59. The van der Waals surface area contributed by atoms with Gasteiger partial charge in [-0.1, -0.05) is 29.8 Å². The Kier molecular flexibility index (Phi) is 5.89. The maximum Gasteiger partial charge on any atom is 0.353 e. The highest BCUT2D eigenvalue weighted by Gasteiger charge is 2.29. The van der Waals surface area contributed by atoms with Gasteiger partial charge in [-0.25, -0.2) is 9.59 Å². The van der Waals surface area contributed by atoms with E-state index in [0.717, 1.165) is 5.01 Å². The largest absolute Gasteiger partial charge is 0.478 e. The average molecular weight is 467 g/mol. The fourth-order valence-corrected chi connectivity index (χ4v) is 3.85. The first-order valence-corrected chi connectivity index (χ1v) is 10.6. The standard InChI is InChI=1S/C23H15ClN2O5S/c1-13-17(21(27)26(25-13)15-7-8-19(24)18(12-15)22(28)29)11-14-4-2-5-16(10-14)31-23(30)20-6-3-9-32-20/h2-12H,1H3,(H,28,29). The molecule has 2 aromatic carbocycles. The number of carboxylic acids is 1. The number of benzene rings is 2. The number of ether oxygens (including phenoxy) is 1. The van der Waals surface area contributed by atoms with Crippen LogP contribution in [0.5, 0.6) is 5.75 Å². The molecule has 0 atom stereocenters. The van der Waals surface area contributed by atoms with Crippen LogP contribution in [0.4, 0.5) is 5.69 Å². The summed E-state index contributed by atoms with van der Waals surface area (Å²) in [4.78, 5) is 37.0. The second-order valence-electron chi connectivity index (χ2n) is 6.77. The number of rotatable bonds is 5. The number of amides is 1. The Hall–Kier alpha value is -3.75. The molecule has 4 rings (SSSR count). The summed E-state index contributed by atoms with van der Waals surface area (Å²) in [6.07, 6.45) is 1.64. The van der Waals surface area contributed by atoms with Gasteiger partial charge in [-0.05, 0) is 60.3 Å². The van der Waals surface area contributed by atoms with Crippen LogP contribution < -0.4 is 9.75 Å². The van der Waals surface area contributed by atoms with Crippen LogP contribution in [-0.2, 0) is 4.79 Å². The second-order valence-corrected chi connectivity index (χ2v) is 8.12. The van der Waals surface area contributed by atoms with E-state index in [1.165, 1.54) is 29.5 Å². The number of carbonyl (C=O) groups excluding carboxylic acids is 2. The molecule has 1 aliphatic heterocycles. The Morgan fingerprint density at radius 3 is 2.69 bits per heavy atom. The van der Waals surface area contributed by atoms with Crippen molar-refractivity contribution in [3.8, 4) is 5.75 Å². The first kappa shape index (κ1) is 21.5. The lowest BCUT2D eigenvalue weighted by atomic mass is 10.1. The molecule has 0 aliphatic carbocycles. The van der Waals surface area contributed by atoms with E-state index >= 15 is 0 Å². The van der Waals surface area contributed by atoms with Crippen LogP contribution in [0.15, 0.2) is 70.7 Å². The van der Waals surface area contributed by atoms with Gasteiger partial charge in [-0.3, -0.25) is 4.79 Å². The van der Waals surface area contributed by atoms with Crippen molar-refractivity contribution in [2.24, 2.45) is 5.10 Å². The lowest BCUT2D eigenvalue weighted by Gasteiger charge is -2.13. The Bertz CT molecular complexity index is 1300. The Morgan fingerprint density at radius 1 is 1.16 bits per heavy atom. The maximum atomic E-state index is 13.0. The summed E-state index contributed by atoms with van der Waals surface area (Å²) in [6.45, 7) is 1.68. The Labute approximate surface area is 191 Å². The van der Waals surface area contributed by atoms with Crippen LogP contribution in [0.3, 0.4) is 0 Å². The monoisotopic (exact) mass is 466 g/mol. The van der Waals surface area contributed by atoms with E-state index in [1.54, 1.807) is 54.8 Å². The fraction of sp³-hybridized carbons (Fsp3) is 0.0435. The number of aromatic carboxylic acids is 1. The van der Waals surface area contributed by atoms with Crippen LogP contribution in [0.25, 0.3) is 6.08 Å². The van der Waals surface area contributed by atoms with Crippen molar-refractivity contribution < 1.29 is 24.2 Å². The summed E-state index contributed by atoms with van der Waals surface area (Å²) in [5.74, 6) is -1.72. The van der Waals surface area contributed by atoms with Gasteiger partial charge in [0.1, 0.15) is 10.6 Å². The molecular formula is C23H15ClN2O5S. The van der Waals surface area contributed by atoms with E-state index in [0.29, 0.717) is 27.5 Å².